The second-order valence-electron chi connectivity index (χ2n) is 8.48. The zero-order valence-corrected chi connectivity index (χ0v) is 21.2. The minimum atomic E-state index is -2.39. The first-order valence-electron chi connectivity index (χ1n) is 10.7. The van der Waals surface area contributed by atoms with Crippen LogP contribution in [0.3, 0.4) is 0 Å². The summed E-state index contributed by atoms with van der Waals surface area (Å²) in [6.45, 7) is 0.0251. The van der Waals surface area contributed by atoms with E-state index in [4.69, 9.17) is 27.9 Å². The van der Waals surface area contributed by atoms with Crippen LogP contribution in [0.15, 0.2) is 59.9 Å². The summed E-state index contributed by atoms with van der Waals surface area (Å²) >= 11 is 15.0. The molecular weight excluding hydrogens is 531 g/mol. The number of aliphatic hydroxyl groups excluding tert-OH is 2. The molecule has 2 heterocycles. The maximum Gasteiger partial charge on any atom is 0.340 e. The molecule has 2 aromatic heterocycles. The third-order valence-corrected chi connectivity index (χ3v) is 8.71. The number of carboxylic acid groups (broad SMARTS) is 1. The molecule has 0 amide bonds. The standard InChI is InChI=1S/C25H20Cl2O6S2/c26-14-3-1-12-5-16(34-20(12)7-14)9-18-23(22(29)19(28)10-25(18,32)24(30)31)33-11-17-6-13-2-4-15(27)8-21(13)35-17/h1-8,19,22,28-29,32H,9-11H2,(H,30,31)/t19-,22+,25-/m1/s1. The molecule has 0 spiro atoms. The van der Waals surface area contributed by atoms with Crippen molar-refractivity contribution in [3.8, 4) is 0 Å². The quantitative estimate of drug-likeness (QED) is 0.257. The van der Waals surface area contributed by atoms with Crippen molar-refractivity contribution in [3.63, 3.8) is 0 Å². The summed E-state index contributed by atoms with van der Waals surface area (Å²) < 4.78 is 7.81. The highest BCUT2D eigenvalue weighted by Crippen LogP contribution is 2.40. The Morgan fingerprint density at radius 2 is 1.54 bits per heavy atom. The topological polar surface area (TPSA) is 107 Å². The molecule has 1 aliphatic rings. The van der Waals surface area contributed by atoms with Crippen LogP contribution in [0, 0.1) is 0 Å². The summed E-state index contributed by atoms with van der Waals surface area (Å²) in [7, 11) is 0. The first-order valence-corrected chi connectivity index (χ1v) is 13.1. The molecule has 10 heteroatoms. The number of hydrogen-bond donors (Lipinski definition) is 4. The van der Waals surface area contributed by atoms with E-state index in [1.165, 1.54) is 22.7 Å². The summed E-state index contributed by atoms with van der Waals surface area (Å²) in [5, 5.41) is 45.3. The lowest BCUT2D eigenvalue weighted by atomic mass is 9.77. The molecule has 35 heavy (non-hydrogen) atoms. The highest BCUT2D eigenvalue weighted by Gasteiger charge is 2.50. The fourth-order valence-electron chi connectivity index (χ4n) is 4.32. The molecule has 0 unspecified atom stereocenters. The van der Waals surface area contributed by atoms with E-state index >= 15 is 0 Å². The van der Waals surface area contributed by atoms with Crippen molar-refractivity contribution >= 4 is 72.0 Å². The van der Waals surface area contributed by atoms with Gasteiger partial charge in [-0.25, -0.2) is 4.79 Å². The first-order chi connectivity index (χ1) is 16.6. The lowest BCUT2D eigenvalue weighted by Crippen LogP contribution is -2.52. The van der Waals surface area contributed by atoms with Gasteiger partial charge in [0.2, 0.25) is 0 Å². The molecule has 182 valence electrons. The molecule has 0 radical (unpaired) electrons. The van der Waals surface area contributed by atoms with E-state index in [0.717, 1.165) is 29.9 Å². The van der Waals surface area contributed by atoms with Gasteiger partial charge in [-0.05, 0) is 47.2 Å². The van der Waals surface area contributed by atoms with Crippen LogP contribution >= 0.6 is 45.9 Å². The average Bonchev–Trinajstić information content (AvgIpc) is 3.39. The number of aliphatic carboxylic acids is 1. The van der Waals surface area contributed by atoms with Gasteiger partial charge in [0.1, 0.15) is 18.5 Å². The maximum absolute atomic E-state index is 12.2. The zero-order chi connectivity index (χ0) is 24.9. The van der Waals surface area contributed by atoms with Crippen molar-refractivity contribution in [2.45, 2.75) is 37.3 Å². The summed E-state index contributed by atoms with van der Waals surface area (Å²) in [5.41, 5.74) is -2.38. The van der Waals surface area contributed by atoms with Gasteiger partial charge in [0, 0.05) is 47.6 Å². The normalized spacial score (nSPS) is 22.8. The number of thiophene rings is 2. The van der Waals surface area contributed by atoms with Crippen LogP contribution in [0.25, 0.3) is 20.2 Å². The van der Waals surface area contributed by atoms with Crippen molar-refractivity contribution in [3.05, 3.63) is 79.7 Å². The van der Waals surface area contributed by atoms with Crippen molar-refractivity contribution in [1.29, 1.82) is 0 Å². The number of carboxylic acids is 1. The maximum atomic E-state index is 12.2. The minimum Gasteiger partial charge on any atom is -0.489 e. The number of fused-ring (bicyclic) bond motifs is 2. The Balaban J connectivity index is 1.53. The molecule has 4 N–H and O–H groups in total. The second-order valence-corrected chi connectivity index (χ2v) is 11.7. The van der Waals surface area contributed by atoms with Gasteiger partial charge < -0.3 is 25.2 Å². The number of halogens is 2. The summed E-state index contributed by atoms with van der Waals surface area (Å²) in [5.74, 6) is -1.64. The Hall–Kier alpha value is -2.17. The van der Waals surface area contributed by atoms with E-state index < -0.39 is 30.2 Å². The lowest BCUT2D eigenvalue weighted by Gasteiger charge is -2.38. The Morgan fingerprint density at radius 1 is 0.971 bits per heavy atom. The largest absolute Gasteiger partial charge is 0.489 e. The number of hydrogen-bond acceptors (Lipinski definition) is 7. The van der Waals surface area contributed by atoms with Gasteiger partial charge in [-0.15, -0.1) is 22.7 Å². The second kappa shape index (κ2) is 9.37. The monoisotopic (exact) mass is 550 g/mol. The highest BCUT2D eigenvalue weighted by atomic mass is 35.5. The molecule has 0 aliphatic heterocycles. The minimum absolute atomic E-state index is 0.0182. The number of benzene rings is 2. The predicted molar refractivity (Wildman–Crippen MR) is 138 cm³/mol. The Morgan fingerprint density at radius 3 is 2.14 bits per heavy atom. The van der Waals surface area contributed by atoms with Crippen LogP contribution in [-0.4, -0.2) is 44.2 Å². The molecule has 0 bridgehead atoms. The van der Waals surface area contributed by atoms with Crippen molar-refractivity contribution in [2.24, 2.45) is 0 Å². The van der Waals surface area contributed by atoms with E-state index in [1.807, 2.05) is 36.4 Å². The molecular formula is C25H20Cl2O6S2. The molecule has 0 fully saturated rings. The predicted octanol–water partition coefficient (Wildman–Crippen LogP) is 5.38. The number of carbonyl (C=O) groups is 1. The van der Waals surface area contributed by atoms with E-state index in [-0.39, 0.29) is 24.4 Å². The van der Waals surface area contributed by atoms with Crippen molar-refractivity contribution in [2.75, 3.05) is 0 Å². The molecule has 0 saturated carbocycles. The van der Waals surface area contributed by atoms with E-state index in [2.05, 4.69) is 0 Å². The molecule has 6 nitrogen and oxygen atoms in total. The molecule has 1 aliphatic carbocycles. The van der Waals surface area contributed by atoms with E-state index in [0.29, 0.717) is 10.0 Å². The highest BCUT2D eigenvalue weighted by molar-refractivity contribution is 7.19. The van der Waals surface area contributed by atoms with E-state index in [9.17, 15) is 25.2 Å². The van der Waals surface area contributed by atoms with Crippen LogP contribution in [0.4, 0.5) is 0 Å². The van der Waals surface area contributed by atoms with Crippen LogP contribution < -0.4 is 0 Å². The van der Waals surface area contributed by atoms with Gasteiger partial charge in [0.05, 0.1) is 6.10 Å². The SMILES string of the molecule is O=C(O)[C@@]1(O)C[C@@H](O)[C@H](O)C(OCc2cc3ccc(Cl)cc3s2)=C1Cc1cc2ccc(Cl)cc2s1. The van der Waals surface area contributed by atoms with E-state index in [1.54, 1.807) is 12.1 Å². The number of rotatable bonds is 6. The summed E-state index contributed by atoms with van der Waals surface area (Å²) in [4.78, 5) is 13.7. The van der Waals surface area contributed by atoms with Crippen LogP contribution in [0.2, 0.25) is 10.0 Å². The number of aliphatic hydroxyl groups is 3. The molecule has 3 atom stereocenters. The molecule has 0 saturated heterocycles. The first kappa shape index (κ1) is 24.5. The van der Waals surface area contributed by atoms with Gasteiger partial charge in [-0.1, -0.05) is 35.3 Å². The van der Waals surface area contributed by atoms with Crippen LogP contribution in [0.5, 0.6) is 0 Å². The lowest BCUT2D eigenvalue weighted by molar-refractivity contribution is -0.162. The third-order valence-electron chi connectivity index (χ3n) is 6.08. The van der Waals surface area contributed by atoms with Crippen molar-refractivity contribution < 1.29 is 30.0 Å². The fourth-order valence-corrected chi connectivity index (χ4v) is 6.92. The fraction of sp³-hybridized carbons (Fsp3) is 0.240. The molecule has 5 rings (SSSR count). The van der Waals surface area contributed by atoms with Gasteiger partial charge >= 0.3 is 5.97 Å². The Labute approximate surface area is 218 Å². The summed E-state index contributed by atoms with van der Waals surface area (Å²) in [6.07, 6.45) is -3.50. The van der Waals surface area contributed by atoms with Gasteiger partial charge in [-0.3, -0.25) is 0 Å². The third kappa shape index (κ3) is 4.68. The average molecular weight is 551 g/mol. The van der Waals surface area contributed by atoms with Gasteiger partial charge in [-0.2, -0.15) is 0 Å². The summed E-state index contributed by atoms with van der Waals surface area (Å²) in [6, 6.07) is 14.8. The van der Waals surface area contributed by atoms with Crippen molar-refractivity contribution in [1.82, 2.24) is 0 Å². The smallest absolute Gasteiger partial charge is 0.340 e. The zero-order valence-electron chi connectivity index (χ0n) is 18.1. The van der Waals surface area contributed by atoms with Crippen LogP contribution in [-0.2, 0) is 22.6 Å². The number of ether oxygens (including phenoxy) is 1. The Kier molecular flexibility index (Phi) is 6.56. The Bertz CT molecular complexity index is 1480. The molecule has 4 aromatic rings. The van der Waals surface area contributed by atoms with Gasteiger partial charge in [0.15, 0.2) is 5.60 Å². The molecule has 2 aromatic carbocycles. The van der Waals surface area contributed by atoms with Crippen LogP contribution in [0.1, 0.15) is 16.2 Å². The van der Waals surface area contributed by atoms with Gasteiger partial charge in [0.25, 0.3) is 0 Å².